The Morgan fingerprint density at radius 3 is 2.05 bits per heavy atom. The Labute approximate surface area is 121 Å². The molecule has 0 aliphatic heterocycles. The van der Waals surface area contributed by atoms with Crippen LogP contribution in [0.3, 0.4) is 0 Å². The van der Waals surface area contributed by atoms with Gasteiger partial charge in [0.1, 0.15) is 0 Å². The van der Waals surface area contributed by atoms with E-state index in [1.165, 1.54) is 0 Å². The average molecular weight is 281 g/mol. The summed E-state index contributed by atoms with van der Waals surface area (Å²) in [6, 6.07) is 0. The number of nitrogens with one attached hydrogen (secondary N) is 2. The summed E-state index contributed by atoms with van der Waals surface area (Å²) in [6.07, 6.45) is 4.89. The second-order valence-electron chi connectivity index (χ2n) is 5.68. The minimum absolute atomic E-state index is 0.0563. The van der Waals surface area contributed by atoms with Crippen LogP contribution in [0.25, 0.3) is 0 Å². The van der Waals surface area contributed by atoms with Crippen molar-refractivity contribution in [3.63, 3.8) is 0 Å². The van der Waals surface area contributed by atoms with Crippen molar-refractivity contribution < 1.29 is 9.59 Å². The molecule has 5 nitrogen and oxygen atoms in total. The van der Waals surface area contributed by atoms with Crippen molar-refractivity contribution in [1.82, 2.24) is 15.5 Å². The van der Waals surface area contributed by atoms with Crippen LogP contribution in [0.15, 0.2) is 12.7 Å². The molecular weight excluding hydrogens is 254 g/mol. The predicted octanol–water partition coefficient (Wildman–Crippen LogP) is 0.773. The van der Waals surface area contributed by atoms with Crippen molar-refractivity contribution in [2.75, 3.05) is 33.7 Å². The van der Waals surface area contributed by atoms with Gasteiger partial charge in [-0.05, 0) is 39.8 Å². The Balaban J connectivity index is 2.25. The molecule has 114 valence electrons. The third-order valence-corrected chi connectivity index (χ3v) is 3.75. The molecular formula is C15H27N3O2. The van der Waals surface area contributed by atoms with E-state index in [1.54, 1.807) is 6.08 Å². The molecule has 0 aromatic heterocycles. The largest absolute Gasteiger partial charge is 0.355 e. The van der Waals surface area contributed by atoms with E-state index in [4.69, 9.17) is 0 Å². The van der Waals surface area contributed by atoms with Gasteiger partial charge in [0, 0.05) is 31.5 Å². The van der Waals surface area contributed by atoms with E-state index in [-0.39, 0.29) is 23.7 Å². The van der Waals surface area contributed by atoms with Gasteiger partial charge in [-0.3, -0.25) is 9.59 Å². The number of rotatable bonds is 7. The third-order valence-electron chi connectivity index (χ3n) is 3.75. The highest BCUT2D eigenvalue weighted by molar-refractivity contribution is 5.81. The zero-order valence-corrected chi connectivity index (χ0v) is 12.7. The maximum atomic E-state index is 12.0. The van der Waals surface area contributed by atoms with Crippen LogP contribution in [-0.4, -0.2) is 50.4 Å². The summed E-state index contributed by atoms with van der Waals surface area (Å²) < 4.78 is 0. The molecule has 0 aromatic carbocycles. The smallest absolute Gasteiger partial charge is 0.223 e. The average Bonchev–Trinajstić information content (AvgIpc) is 2.44. The lowest BCUT2D eigenvalue weighted by molar-refractivity contribution is -0.130. The van der Waals surface area contributed by atoms with Crippen molar-refractivity contribution in [3.8, 4) is 0 Å². The van der Waals surface area contributed by atoms with Crippen LogP contribution < -0.4 is 10.6 Å². The van der Waals surface area contributed by atoms with Crippen LogP contribution in [0.5, 0.6) is 0 Å². The van der Waals surface area contributed by atoms with Crippen LogP contribution in [0.4, 0.5) is 0 Å². The predicted molar refractivity (Wildman–Crippen MR) is 80.2 cm³/mol. The molecule has 0 aromatic rings. The molecule has 0 heterocycles. The van der Waals surface area contributed by atoms with Gasteiger partial charge in [-0.2, -0.15) is 0 Å². The van der Waals surface area contributed by atoms with Crippen molar-refractivity contribution in [1.29, 1.82) is 0 Å². The van der Waals surface area contributed by atoms with E-state index < -0.39 is 0 Å². The topological polar surface area (TPSA) is 61.4 Å². The van der Waals surface area contributed by atoms with Gasteiger partial charge in [0.15, 0.2) is 0 Å². The van der Waals surface area contributed by atoms with Crippen molar-refractivity contribution in [2.45, 2.75) is 25.7 Å². The Hall–Kier alpha value is -1.36. The molecule has 0 radical (unpaired) electrons. The van der Waals surface area contributed by atoms with Gasteiger partial charge >= 0.3 is 0 Å². The Kier molecular flexibility index (Phi) is 7.30. The third kappa shape index (κ3) is 5.74. The highest BCUT2D eigenvalue weighted by Crippen LogP contribution is 2.28. The number of amides is 2. The van der Waals surface area contributed by atoms with Gasteiger partial charge in [0.05, 0.1) is 0 Å². The minimum Gasteiger partial charge on any atom is -0.355 e. The molecule has 5 heteroatoms. The lowest BCUT2D eigenvalue weighted by atomic mass is 9.81. The van der Waals surface area contributed by atoms with Gasteiger partial charge in [-0.15, -0.1) is 6.58 Å². The highest BCUT2D eigenvalue weighted by Gasteiger charge is 2.29. The van der Waals surface area contributed by atoms with Crippen LogP contribution in [0.2, 0.25) is 0 Å². The zero-order valence-electron chi connectivity index (χ0n) is 12.7. The second kappa shape index (κ2) is 8.74. The summed E-state index contributed by atoms with van der Waals surface area (Å²) in [5.74, 6) is 0.356. The fraction of sp³-hybridized carbons (Fsp3) is 0.733. The fourth-order valence-corrected chi connectivity index (χ4v) is 2.48. The summed E-state index contributed by atoms with van der Waals surface area (Å²) in [4.78, 5) is 25.8. The van der Waals surface area contributed by atoms with Crippen LogP contribution in [0.1, 0.15) is 25.7 Å². The van der Waals surface area contributed by atoms with Gasteiger partial charge < -0.3 is 15.5 Å². The van der Waals surface area contributed by atoms with Crippen molar-refractivity contribution in [2.24, 2.45) is 11.8 Å². The SMILES string of the molecule is C=CCNC(=O)C1CCC(C(=O)NCCN(C)C)CC1. The number of hydrogen-bond donors (Lipinski definition) is 2. The summed E-state index contributed by atoms with van der Waals surface area (Å²) in [5.41, 5.74) is 0. The lowest BCUT2D eigenvalue weighted by Crippen LogP contribution is -2.39. The lowest BCUT2D eigenvalue weighted by Gasteiger charge is -2.27. The molecule has 1 saturated carbocycles. The number of carbonyl (C=O) groups is 2. The number of likely N-dealkylation sites (N-methyl/N-ethyl adjacent to an activating group) is 1. The van der Waals surface area contributed by atoms with E-state index in [2.05, 4.69) is 17.2 Å². The Bertz CT molecular complexity index is 334. The first kappa shape index (κ1) is 16.7. The Morgan fingerprint density at radius 2 is 1.60 bits per heavy atom. The van der Waals surface area contributed by atoms with Crippen LogP contribution >= 0.6 is 0 Å². The summed E-state index contributed by atoms with van der Waals surface area (Å²) in [6.45, 7) is 5.64. The summed E-state index contributed by atoms with van der Waals surface area (Å²) in [7, 11) is 3.97. The van der Waals surface area contributed by atoms with E-state index in [1.807, 2.05) is 19.0 Å². The quantitative estimate of drug-likeness (QED) is 0.678. The molecule has 1 rings (SSSR count). The van der Waals surface area contributed by atoms with E-state index >= 15 is 0 Å². The summed E-state index contributed by atoms with van der Waals surface area (Å²) >= 11 is 0. The van der Waals surface area contributed by atoms with Crippen LogP contribution in [0, 0.1) is 11.8 Å². The molecule has 0 bridgehead atoms. The molecule has 1 fully saturated rings. The molecule has 1 aliphatic carbocycles. The number of hydrogen-bond acceptors (Lipinski definition) is 3. The maximum absolute atomic E-state index is 12.0. The molecule has 20 heavy (non-hydrogen) atoms. The molecule has 1 aliphatic rings. The fourth-order valence-electron chi connectivity index (χ4n) is 2.48. The Morgan fingerprint density at radius 1 is 1.10 bits per heavy atom. The standard InChI is InChI=1S/C15H27N3O2/c1-4-9-16-14(19)12-5-7-13(8-6-12)15(20)17-10-11-18(2)3/h4,12-13H,1,5-11H2,2-3H3,(H,16,19)(H,17,20). The van der Waals surface area contributed by atoms with Gasteiger partial charge in [-0.1, -0.05) is 6.08 Å². The van der Waals surface area contributed by atoms with Crippen molar-refractivity contribution in [3.05, 3.63) is 12.7 Å². The first-order chi connectivity index (χ1) is 9.54. The second-order valence-corrected chi connectivity index (χ2v) is 5.68. The summed E-state index contributed by atoms with van der Waals surface area (Å²) in [5, 5.41) is 5.80. The van der Waals surface area contributed by atoms with E-state index in [9.17, 15) is 9.59 Å². The molecule has 0 saturated heterocycles. The highest BCUT2D eigenvalue weighted by atomic mass is 16.2. The van der Waals surface area contributed by atoms with Gasteiger partial charge in [0.2, 0.25) is 11.8 Å². The first-order valence-corrected chi connectivity index (χ1v) is 7.35. The monoisotopic (exact) mass is 281 g/mol. The maximum Gasteiger partial charge on any atom is 0.223 e. The van der Waals surface area contributed by atoms with Gasteiger partial charge in [-0.25, -0.2) is 0 Å². The minimum atomic E-state index is 0.0563. The molecule has 2 amide bonds. The number of carbonyl (C=O) groups excluding carboxylic acids is 2. The van der Waals surface area contributed by atoms with Gasteiger partial charge in [0.25, 0.3) is 0 Å². The molecule has 2 N–H and O–H groups in total. The normalized spacial score (nSPS) is 22.4. The molecule has 0 spiro atoms. The number of nitrogens with zero attached hydrogens (tertiary/aromatic N) is 1. The van der Waals surface area contributed by atoms with E-state index in [0.29, 0.717) is 13.1 Å². The first-order valence-electron chi connectivity index (χ1n) is 7.35. The zero-order chi connectivity index (χ0) is 15.0. The van der Waals surface area contributed by atoms with Crippen molar-refractivity contribution >= 4 is 11.8 Å². The molecule has 0 unspecified atom stereocenters. The van der Waals surface area contributed by atoms with E-state index in [0.717, 1.165) is 32.2 Å². The molecule has 0 atom stereocenters. The van der Waals surface area contributed by atoms with Crippen LogP contribution in [-0.2, 0) is 9.59 Å².